The van der Waals surface area contributed by atoms with Gasteiger partial charge in [0.1, 0.15) is 0 Å². The highest BCUT2D eigenvalue weighted by Crippen LogP contribution is 2.33. The van der Waals surface area contributed by atoms with E-state index in [2.05, 4.69) is 0 Å². The third-order valence-corrected chi connectivity index (χ3v) is 5.07. The van der Waals surface area contributed by atoms with Crippen LogP contribution in [0.5, 0.6) is 11.5 Å². The van der Waals surface area contributed by atoms with Crippen LogP contribution < -0.4 is 9.47 Å². The van der Waals surface area contributed by atoms with E-state index in [4.69, 9.17) is 35.0 Å². The monoisotopic (exact) mass is 486 g/mol. The van der Waals surface area contributed by atoms with Crippen LogP contribution in [0.3, 0.4) is 0 Å². The van der Waals surface area contributed by atoms with Crippen LogP contribution in [-0.2, 0) is 0 Å². The Bertz CT molecular complexity index is 1330. The number of methoxy groups -OCH3 is 2. The van der Waals surface area contributed by atoms with E-state index in [1.807, 2.05) is 0 Å². The van der Waals surface area contributed by atoms with Crippen molar-refractivity contribution < 1.29 is 42.6 Å². The van der Waals surface area contributed by atoms with Crippen molar-refractivity contribution in [3.63, 3.8) is 0 Å². The Morgan fingerprint density at radius 3 is 1.53 bits per heavy atom. The van der Waals surface area contributed by atoms with Crippen molar-refractivity contribution in [2.45, 2.75) is 13.8 Å². The molecule has 0 amide bonds. The molecule has 2 aromatic heterocycles. The summed E-state index contributed by atoms with van der Waals surface area (Å²) in [4.78, 5) is 44.7. The van der Waals surface area contributed by atoms with Gasteiger partial charge < -0.3 is 23.4 Å². The molecule has 0 unspecified atom stereocenters. The molecule has 34 heavy (non-hydrogen) atoms. The van der Waals surface area contributed by atoms with Crippen molar-refractivity contribution in [1.29, 1.82) is 0 Å². The first-order valence-corrected chi connectivity index (χ1v) is 10.1. The standard InChI is InChI=1S/C12H9ClO4.C12H10O5/c1-6(14)10-5-8-7(12(13)15)3-4-9(16-2)11(8)17-10;1-6(13)10-5-8-7(12(14)15)3-4-9(16-2)11(8)17-10/h3-5H,1-2H3;3-5H,1-2H3,(H,14,15). The average Bonchev–Trinajstić information content (AvgIpc) is 3.43. The molecule has 2 heterocycles. The normalized spacial score (nSPS) is 10.5. The third kappa shape index (κ3) is 4.65. The van der Waals surface area contributed by atoms with E-state index in [1.165, 1.54) is 58.4 Å². The Morgan fingerprint density at radius 1 is 0.765 bits per heavy atom. The number of carbonyl (C=O) groups excluding carboxylic acids is 3. The van der Waals surface area contributed by atoms with Crippen LogP contribution in [0.1, 0.15) is 55.7 Å². The molecule has 2 aromatic carbocycles. The van der Waals surface area contributed by atoms with Gasteiger partial charge in [-0.2, -0.15) is 0 Å². The van der Waals surface area contributed by atoms with Crippen molar-refractivity contribution in [3.05, 3.63) is 59.0 Å². The first kappa shape index (κ1) is 24.5. The molecule has 9 nitrogen and oxygen atoms in total. The highest BCUT2D eigenvalue weighted by atomic mass is 35.5. The predicted molar refractivity (Wildman–Crippen MR) is 123 cm³/mol. The fourth-order valence-corrected chi connectivity index (χ4v) is 3.39. The van der Waals surface area contributed by atoms with E-state index in [0.717, 1.165) is 0 Å². The molecule has 0 atom stereocenters. The van der Waals surface area contributed by atoms with Gasteiger partial charge in [-0.3, -0.25) is 14.4 Å². The number of ketones is 2. The molecule has 4 aromatic rings. The Morgan fingerprint density at radius 2 is 1.18 bits per heavy atom. The minimum Gasteiger partial charge on any atom is -0.493 e. The molecule has 0 spiro atoms. The van der Waals surface area contributed by atoms with Crippen LogP contribution in [0, 0.1) is 0 Å². The zero-order chi connectivity index (χ0) is 25.2. The SMILES string of the molecule is COc1ccc(C(=O)Cl)c2cc(C(C)=O)oc12.COc1ccc(C(=O)O)c2cc(C(C)=O)oc12. The largest absolute Gasteiger partial charge is 0.493 e. The quantitative estimate of drug-likeness (QED) is 0.282. The molecule has 0 aliphatic rings. The molecular weight excluding hydrogens is 468 g/mol. The van der Waals surface area contributed by atoms with Gasteiger partial charge in [-0.25, -0.2) is 4.79 Å². The lowest BCUT2D eigenvalue weighted by atomic mass is 10.1. The molecule has 0 aliphatic heterocycles. The number of hydrogen-bond donors (Lipinski definition) is 1. The highest BCUT2D eigenvalue weighted by Gasteiger charge is 2.19. The second-order valence-electron chi connectivity index (χ2n) is 7.03. The third-order valence-electron chi connectivity index (χ3n) is 4.87. The summed E-state index contributed by atoms with van der Waals surface area (Å²) in [6, 6.07) is 8.95. The Hall–Kier alpha value is -4.11. The van der Waals surface area contributed by atoms with Gasteiger partial charge in [0.2, 0.25) is 0 Å². The summed E-state index contributed by atoms with van der Waals surface area (Å²) in [6.07, 6.45) is 0. The van der Waals surface area contributed by atoms with Gasteiger partial charge in [-0.15, -0.1) is 0 Å². The van der Waals surface area contributed by atoms with E-state index in [1.54, 1.807) is 6.07 Å². The van der Waals surface area contributed by atoms with Crippen molar-refractivity contribution in [1.82, 2.24) is 0 Å². The number of aromatic carboxylic acids is 1. The Labute approximate surface area is 197 Å². The van der Waals surface area contributed by atoms with Crippen molar-refractivity contribution in [2.24, 2.45) is 0 Å². The van der Waals surface area contributed by atoms with E-state index in [0.29, 0.717) is 33.4 Å². The van der Waals surface area contributed by atoms with E-state index in [9.17, 15) is 19.2 Å². The van der Waals surface area contributed by atoms with E-state index in [-0.39, 0.29) is 34.2 Å². The molecule has 176 valence electrons. The minimum atomic E-state index is -1.08. The van der Waals surface area contributed by atoms with Crippen LogP contribution in [0.15, 0.2) is 45.2 Å². The lowest BCUT2D eigenvalue weighted by Crippen LogP contribution is -1.97. The number of hydrogen-bond acceptors (Lipinski definition) is 8. The average molecular weight is 487 g/mol. The van der Waals surface area contributed by atoms with Crippen molar-refractivity contribution >= 4 is 56.3 Å². The predicted octanol–water partition coefficient (Wildman–Crippen LogP) is 5.37. The Balaban J connectivity index is 0.000000191. The van der Waals surface area contributed by atoms with E-state index >= 15 is 0 Å². The molecule has 10 heteroatoms. The van der Waals surface area contributed by atoms with Crippen molar-refractivity contribution in [2.75, 3.05) is 14.2 Å². The minimum absolute atomic E-state index is 0.0806. The van der Waals surface area contributed by atoms with Gasteiger partial charge >= 0.3 is 5.97 Å². The summed E-state index contributed by atoms with van der Waals surface area (Å²) >= 11 is 5.46. The summed E-state index contributed by atoms with van der Waals surface area (Å²) in [7, 11) is 2.93. The number of benzene rings is 2. The summed E-state index contributed by atoms with van der Waals surface area (Å²) in [5.41, 5.74) is 0.998. The number of fused-ring (bicyclic) bond motifs is 2. The molecule has 0 bridgehead atoms. The van der Waals surface area contributed by atoms with Gasteiger partial charge in [-0.1, -0.05) is 0 Å². The number of rotatable bonds is 6. The van der Waals surface area contributed by atoms with Gasteiger partial charge in [0.25, 0.3) is 5.24 Å². The second-order valence-corrected chi connectivity index (χ2v) is 7.37. The topological polar surface area (TPSA) is 133 Å². The highest BCUT2D eigenvalue weighted by molar-refractivity contribution is 6.68. The number of carbonyl (C=O) groups is 4. The summed E-state index contributed by atoms with van der Waals surface area (Å²) in [5, 5.41) is 9.27. The Kier molecular flexibility index (Phi) is 7.07. The van der Waals surface area contributed by atoms with Gasteiger partial charge in [-0.05, 0) is 48.0 Å². The lowest BCUT2D eigenvalue weighted by Gasteiger charge is -2.02. The van der Waals surface area contributed by atoms with E-state index < -0.39 is 11.2 Å². The van der Waals surface area contributed by atoms with Crippen LogP contribution >= 0.6 is 11.6 Å². The molecule has 0 fully saturated rings. The maximum Gasteiger partial charge on any atom is 0.336 e. The number of halogens is 1. The molecule has 0 aliphatic carbocycles. The molecule has 4 rings (SSSR count). The zero-order valence-electron chi connectivity index (χ0n) is 18.6. The lowest BCUT2D eigenvalue weighted by molar-refractivity contribution is 0.0698. The molecule has 1 N–H and O–H groups in total. The van der Waals surface area contributed by atoms with Crippen LogP contribution in [0.4, 0.5) is 0 Å². The van der Waals surface area contributed by atoms with Gasteiger partial charge in [0.15, 0.2) is 45.8 Å². The molecule has 0 saturated heterocycles. The van der Waals surface area contributed by atoms with Crippen molar-refractivity contribution in [3.8, 4) is 11.5 Å². The zero-order valence-corrected chi connectivity index (χ0v) is 19.3. The number of ether oxygens (including phenoxy) is 2. The van der Waals surface area contributed by atoms with Crippen LogP contribution in [0.25, 0.3) is 21.9 Å². The summed E-state index contributed by atoms with van der Waals surface area (Å²) < 4.78 is 20.8. The van der Waals surface area contributed by atoms with Crippen LogP contribution in [-0.4, -0.2) is 42.1 Å². The molecule has 0 radical (unpaired) electrons. The van der Waals surface area contributed by atoms with Crippen LogP contribution in [0.2, 0.25) is 0 Å². The fraction of sp³-hybridized carbons (Fsp3) is 0.167. The van der Waals surface area contributed by atoms with Gasteiger partial charge in [0, 0.05) is 30.2 Å². The fourth-order valence-electron chi connectivity index (χ4n) is 3.22. The maximum absolute atomic E-state index is 11.2. The van der Waals surface area contributed by atoms with Gasteiger partial charge in [0.05, 0.1) is 19.8 Å². The maximum atomic E-state index is 11.2. The number of carboxylic acids is 1. The first-order chi connectivity index (χ1) is 16.1. The molecule has 0 saturated carbocycles. The molecular formula is C24H19ClO9. The second kappa shape index (κ2) is 9.80. The smallest absolute Gasteiger partial charge is 0.336 e. The number of furan rings is 2. The number of Topliss-reactive ketones (excluding diaryl/α,β-unsaturated/α-hetero) is 2. The summed E-state index contributed by atoms with van der Waals surface area (Å²) in [5.74, 6) is -0.424. The summed E-state index contributed by atoms with van der Waals surface area (Å²) in [6.45, 7) is 2.73. The first-order valence-electron chi connectivity index (χ1n) is 9.75. The number of carboxylic acid groups (broad SMARTS) is 1.